The Morgan fingerprint density at radius 1 is 1.00 bits per heavy atom. The second-order valence-corrected chi connectivity index (χ2v) is 7.95. The predicted octanol–water partition coefficient (Wildman–Crippen LogP) is 3.49. The van der Waals surface area contributed by atoms with Crippen LogP contribution in [0.4, 0.5) is 0 Å². The summed E-state index contributed by atoms with van der Waals surface area (Å²) in [4.78, 5) is 16.8. The highest BCUT2D eigenvalue weighted by Crippen LogP contribution is 2.17. The van der Waals surface area contributed by atoms with Crippen LogP contribution in [0.5, 0.6) is 0 Å². The zero-order chi connectivity index (χ0) is 22.9. The summed E-state index contributed by atoms with van der Waals surface area (Å²) >= 11 is 0. The molecule has 2 aromatic heterocycles. The number of aliphatic imine (C=N–C) groups is 1. The van der Waals surface area contributed by atoms with Gasteiger partial charge in [-0.2, -0.15) is 5.10 Å². The molecule has 0 aliphatic heterocycles. The first-order valence-electron chi connectivity index (χ1n) is 11.3. The Morgan fingerprint density at radius 3 is 2.53 bits per heavy atom. The molecule has 0 aliphatic carbocycles. The highest BCUT2D eigenvalue weighted by Gasteiger charge is 2.09. The van der Waals surface area contributed by atoms with Gasteiger partial charge in [-0.3, -0.25) is 4.79 Å². The van der Waals surface area contributed by atoms with Crippen molar-refractivity contribution in [3.63, 3.8) is 0 Å². The molecule has 0 amide bonds. The number of hydrogen-bond donors (Lipinski definition) is 2. The molecule has 3 rings (SSSR count). The molecule has 3 aromatic rings. The highest BCUT2D eigenvalue weighted by molar-refractivity contribution is 5.79. The number of para-hydroxylation sites is 1. The third kappa shape index (κ3) is 6.09. The topological polar surface area (TPSA) is 76.2 Å². The second kappa shape index (κ2) is 11.3. The van der Waals surface area contributed by atoms with Crippen molar-refractivity contribution in [2.24, 2.45) is 4.99 Å². The molecule has 0 atom stereocenters. The molecule has 0 spiro atoms. The van der Waals surface area contributed by atoms with Gasteiger partial charge in [0, 0.05) is 37.1 Å². The Bertz CT molecular complexity index is 1110. The quantitative estimate of drug-likeness (QED) is 0.307. The third-order valence-corrected chi connectivity index (χ3v) is 5.35. The number of rotatable bonds is 9. The van der Waals surface area contributed by atoms with Crippen LogP contribution in [0.3, 0.4) is 0 Å². The first-order chi connectivity index (χ1) is 15.5. The van der Waals surface area contributed by atoms with Crippen LogP contribution < -0.4 is 16.2 Å². The Morgan fingerprint density at radius 2 is 1.81 bits per heavy atom. The van der Waals surface area contributed by atoms with Crippen LogP contribution in [0, 0.1) is 20.8 Å². The van der Waals surface area contributed by atoms with Gasteiger partial charge < -0.3 is 15.2 Å². The molecule has 0 fully saturated rings. The first kappa shape index (κ1) is 23.3. The van der Waals surface area contributed by atoms with Gasteiger partial charge in [0.05, 0.1) is 17.9 Å². The van der Waals surface area contributed by atoms with E-state index in [0.717, 1.165) is 66.8 Å². The van der Waals surface area contributed by atoms with Gasteiger partial charge in [0.15, 0.2) is 5.96 Å². The van der Waals surface area contributed by atoms with Crippen molar-refractivity contribution in [3.8, 4) is 5.69 Å². The summed E-state index contributed by atoms with van der Waals surface area (Å²) in [6.45, 7) is 11.0. The molecule has 170 valence electrons. The van der Waals surface area contributed by atoms with Crippen molar-refractivity contribution in [2.45, 2.75) is 53.6 Å². The largest absolute Gasteiger partial charge is 0.357 e. The molecule has 0 aliphatic rings. The molecule has 0 radical (unpaired) electrons. The Kier molecular flexibility index (Phi) is 8.25. The van der Waals surface area contributed by atoms with E-state index in [4.69, 9.17) is 4.99 Å². The summed E-state index contributed by atoms with van der Waals surface area (Å²) in [7, 11) is 0. The van der Waals surface area contributed by atoms with E-state index < -0.39 is 0 Å². The maximum absolute atomic E-state index is 12.0. The van der Waals surface area contributed by atoms with E-state index >= 15 is 0 Å². The molecular weight excluding hydrogens is 400 g/mol. The lowest BCUT2D eigenvalue weighted by molar-refractivity contribution is 0.575. The molecule has 0 unspecified atom stereocenters. The number of hydrogen-bond acceptors (Lipinski definition) is 3. The van der Waals surface area contributed by atoms with Gasteiger partial charge in [-0.15, -0.1) is 0 Å². The lowest BCUT2D eigenvalue weighted by Gasteiger charge is -2.14. The van der Waals surface area contributed by atoms with Gasteiger partial charge in [0.25, 0.3) is 5.56 Å². The monoisotopic (exact) mass is 434 g/mol. The summed E-state index contributed by atoms with van der Waals surface area (Å²) in [6.07, 6.45) is 1.88. The summed E-state index contributed by atoms with van der Waals surface area (Å²) in [5.41, 5.74) is 5.35. The maximum atomic E-state index is 12.0. The lowest BCUT2D eigenvalue weighted by atomic mass is 10.2. The van der Waals surface area contributed by atoms with E-state index in [-0.39, 0.29) is 5.56 Å². The molecule has 32 heavy (non-hydrogen) atoms. The molecule has 1 aromatic carbocycles. The molecule has 7 heteroatoms. The van der Waals surface area contributed by atoms with E-state index in [9.17, 15) is 4.79 Å². The zero-order valence-corrected chi connectivity index (χ0v) is 19.6. The fraction of sp³-hybridized carbons (Fsp3) is 0.400. The first-order valence-corrected chi connectivity index (χ1v) is 11.3. The van der Waals surface area contributed by atoms with Gasteiger partial charge in [-0.05, 0) is 64.3 Å². The van der Waals surface area contributed by atoms with Crippen LogP contribution in [0.2, 0.25) is 0 Å². The van der Waals surface area contributed by atoms with Crippen molar-refractivity contribution >= 4 is 5.96 Å². The van der Waals surface area contributed by atoms with Crippen molar-refractivity contribution < 1.29 is 0 Å². The van der Waals surface area contributed by atoms with Crippen LogP contribution in [-0.2, 0) is 13.1 Å². The van der Waals surface area contributed by atoms with Gasteiger partial charge in [-0.25, -0.2) is 9.67 Å². The molecule has 7 nitrogen and oxygen atoms in total. The standard InChI is InChI=1S/C25H34N6O/c1-5-26-25(27-15-8-9-16-30-20(3)11-10-14-24(30)32)28-18-22-12-6-7-13-23(22)31-21(4)17-19(2)29-31/h6-7,10-14,17H,5,8-9,15-16,18H2,1-4H3,(H2,26,27,28). The minimum Gasteiger partial charge on any atom is -0.357 e. The van der Waals surface area contributed by atoms with Crippen LogP contribution >= 0.6 is 0 Å². The zero-order valence-electron chi connectivity index (χ0n) is 19.6. The fourth-order valence-electron chi connectivity index (χ4n) is 3.74. The number of unbranched alkanes of at least 4 members (excludes halogenated alkanes) is 1. The summed E-state index contributed by atoms with van der Waals surface area (Å²) < 4.78 is 3.81. The normalized spacial score (nSPS) is 11.6. The number of nitrogens with one attached hydrogen (secondary N) is 2. The fourth-order valence-corrected chi connectivity index (χ4v) is 3.74. The van der Waals surface area contributed by atoms with E-state index in [1.165, 1.54) is 0 Å². The molecule has 0 saturated carbocycles. The third-order valence-electron chi connectivity index (χ3n) is 5.35. The van der Waals surface area contributed by atoms with Crippen LogP contribution in [0.1, 0.15) is 42.4 Å². The van der Waals surface area contributed by atoms with Crippen molar-refractivity contribution in [3.05, 3.63) is 81.5 Å². The minimum absolute atomic E-state index is 0.0640. The number of nitrogens with zero attached hydrogens (tertiary/aromatic N) is 4. The highest BCUT2D eigenvalue weighted by atomic mass is 16.1. The summed E-state index contributed by atoms with van der Waals surface area (Å²) in [6, 6.07) is 15.7. The molecule has 0 saturated heterocycles. The van der Waals surface area contributed by atoms with Gasteiger partial charge in [0.2, 0.25) is 0 Å². The molecule has 2 N–H and O–H groups in total. The average molecular weight is 435 g/mol. The second-order valence-electron chi connectivity index (χ2n) is 7.95. The summed E-state index contributed by atoms with van der Waals surface area (Å²) in [5, 5.41) is 11.4. The number of guanidine groups is 1. The molecular formula is C25H34N6O. The van der Waals surface area contributed by atoms with E-state index in [1.54, 1.807) is 6.07 Å². The van der Waals surface area contributed by atoms with Gasteiger partial charge in [-0.1, -0.05) is 24.3 Å². The van der Waals surface area contributed by atoms with Gasteiger partial charge in [0.1, 0.15) is 0 Å². The van der Waals surface area contributed by atoms with E-state index in [1.807, 2.05) is 47.4 Å². The minimum atomic E-state index is 0.0640. The van der Waals surface area contributed by atoms with Crippen molar-refractivity contribution in [1.29, 1.82) is 0 Å². The Balaban J connectivity index is 1.59. The maximum Gasteiger partial charge on any atom is 0.250 e. The molecule has 2 heterocycles. The van der Waals surface area contributed by atoms with Crippen LogP contribution in [-0.4, -0.2) is 33.4 Å². The average Bonchev–Trinajstić information content (AvgIpc) is 3.11. The number of pyridine rings is 1. The smallest absolute Gasteiger partial charge is 0.250 e. The van der Waals surface area contributed by atoms with Crippen molar-refractivity contribution in [1.82, 2.24) is 25.0 Å². The van der Waals surface area contributed by atoms with Gasteiger partial charge >= 0.3 is 0 Å². The van der Waals surface area contributed by atoms with Crippen LogP contribution in [0.25, 0.3) is 5.69 Å². The predicted molar refractivity (Wildman–Crippen MR) is 131 cm³/mol. The van der Waals surface area contributed by atoms with Crippen molar-refractivity contribution in [2.75, 3.05) is 13.1 Å². The SMILES string of the molecule is CCNC(=NCc1ccccc1-n1nc(C)cc1C)NCCCCn1c(C)cccc1=O. The summed E-state index contributed by atoms with van der Waals surface area (Å²) in [5.74, 6) is 0.795. The number of benzene rings is 1. The Hall–Kier alpha value is -3.35. The Labute approximate surface area is 190 Å². The van der Waals surface area contributed by atoms with E-state index in [0.29, 0.717) is 6.54 Å². The van der Waals surface area contributed by atoms with Crippen LogP contribution in [0.15, 0.2) is 58.3 Å². The number of aryl methyl sites for hydroxylation is 3. The lowest BCUT2D eigenvalue weighted by Crippen LogP contribution is -2.37. The number of aromatic nitrogens is 3. The van der Waals surface area contributed by atoms with E-state index in [2.05, 4.69) is 47.8 Å². The molecule has 0 bridgehead atoms.